The standard InChI is InChI=1S/C12H17N3OS/c1-10(17-12-14-5-6-15(12)2)8-13-9-11-4-3-7-16-11/h3-7,10,13H,8-9H2,1-2H3. The molecule has 0 aliphatic heterocycles. The number of thioether (sulfide) groups is 1. The van der Waals surface area contributed by atoms with Gasteiger partial charge in [-0.2, -0.15) is 0 Å². The van der Waals surface area contributed by atoms with E-state index in [1.807, 2.05) is 36.1 Å². The van der Waals surface area contributed by atoms with Gasteiger partial charge in [-0.1, -0.05) is 18.7 Å². The molecular weight excluding hydrogens is 234 g/mol. The fourth-order valence-corrected chi connectivity index (χ4v) is 2.41. The van der Waals surface area contributed by atoms with Crippen LogP contribution in [0, 0.1) is 0 Å². The molecule has 4 nitrogen and oxygen atoms in total. The summed E-state index contributed by atoms with van der Waals surface area (Å²) in [6.07, 6.45) is 5.49. The third-order valence-electron chi connectivity index (χ3n) is 2.39. The van der Waals surface area contributed by atoms with Gasteiger partial charge in [0, 0.05) is 31.2 Å². The summed E-state index contributed by atoms with van der Waals surface area (Å²) in [6, 6.07) is 3.88. The Balaban J connectivity index is 1.71. The third-order valence-corrected chi connectivity index (χ3v) is 3.57. The lowest BCUT2D eigenvalue weighted by atomic mass is 10.4. The highest BCUT2D eigenvalue weighted by atomic mass is 32.2. The summed E-state index contributed by atoms with van der Waals surface area (Å²) in [5, 5.41) is 4.90. The molecule has 0 bridgehead atoms. The Morgan fingerprint density at radius 1 is 1.59 bits per heavy atom. The fourth-order valence-electron chi connectivity index (χ4n) is 1.50. The Morgan fingerprint density at radius 3 is 3.12 bits per heavy atom. The number of imidazole rings is 1. The second-order valence-electron chi connectivity index (χ2n) is 3.96. The molecular formula is C12H17N3OS. The Morgan fingerprint density at radius 2 is 2.47 bits per heavy atom. The summed E-state index contributed by atoms with van der Waals surface area (Å²) in [7, 11) is 2.01. The van der Waals surface area contributed by atoms with Crippen LogP contribution in [0.5, 0.6) is 0 Å². The molecule has 92 valence electrons. The lowest BCUT2D eigenvalue weighted by Gasteiger charge is -2.11. The molecule has 2 aromatic heterocycles. The number of hydrogen-bond donors (Lipinski definition) is 1. The first-order valence-electron chi connectivity index (χ1n) is 5.63. The van der Waals surface area contributed by atoms with Crippen molar-refractivity contribution in [2.45, 2.75) is 23.9 Å². The molecule has 2 rings (SSSR count). The first-order chi connectivity index (χ1) is 8.25. The van der Waals surface area contributed by atoms with Crippen LogP contribution in [-0.2, 0) is 13.6 Å². The smallest absolute Gasteiger partial charge is 0.167 e. The minimum atomic E-state index is 0.478. The van der Waals surface area contributed by atoms with Crippen LogP contribution >= 0.6 is 11.8 Å². The van der Waals surface area contributed by atoms with Crippen LogP contribution in [0.1, 0.15) is 12.7 Å². The third kappa shape index (κ3) is 3.64. The van der Waals surface area contributed by atoms with E-state index in [1.165, 1.54) is 0 Å². The number of nitrogens with one attached hydrogen (secondary N) is 1. The normalized spacial score (nSPS) is 12.8. The molecule has 1 atom stereocenters. The Labute approximate surface area is 105 Å². The maximum absolute atomic E-state index is 5.25. The van der Waals surface area contributed by atoms with Crippen molar-refractivity contribution in [3.63, 3.8) is 0 Å². The highest BCUT2D eigenvalue weighted by molar-refractivity contribution is 7.99. The number of hydrogen-bond acceptors (Lipinski definition) is 4. The van der Waals surface area contributed by atoms with E-state index in [0.29, 0.717) is 5.25 Å². The molecule has 2 aromatic rings. The Kier molecular flexibility index (Phi) is 4.28. The van der Waals surface area contributed by atoms with Crippen molar-refractivity contribution in [1.82, 2.24) is 14.9 Å². The van der Waals surface area contributed by atoms with Crippen LogP contribution in [0.2, 0.25) is 0 Å². The van der Waals surface area contributed by atoms with Crippen molar-refractivity contribution in [1.29, 1.82) is 0 Å². The number of aryl methyl sites for hydroxylation is 1. The van der Waals surface area contributed by atoms with Gasteiger partial charge in [0.2, 0.25) is 0 Å². The average molecular weight is 251 g/mol. The number of furan rings is 1. The van der Waals surface area contributed by atoms with E-state index >= 15 is 0 Å². The highest BCUT2D eigenvalue weighted by Crippen LogP contribution is 2.19. The Hall–Kier alpha value is -1.20. The van der Waals surface area contributed by atoms with Crippen LogP contribution in [-0.4, -0.2) is 21.3 Å². The van der Waals surface area contributed by atoms with E-state index in [0.717, 1.165) is 24.0 Å². The van der Waals surface area contributed by atoms with Gasteiger partial charge in [-0.05, 0) is 12.1 Å². The molecule has 17 heavy (non-hydrogen) atoms. The van der Waals surface area contributed by atoms with Gasteiger partial charge in [-0.25, -0.2) is 4.98 Å². The fraction of sp³-hybridized carbons (Fsp3) is 0.417. The van der Waals surface area contributed by atoms with Gasteiger partial charge in [0.15, 0.2) is 5.16 Å². The molecule has 1 N–H and O–H groups in total. The first-order valence-corrected chi connectivity index (χ1v) is 6.51. The van der Waals surface area contributed by atoms with E-state index in [-0.39, 0.29) is 0 Å². The topological polar surface area (TPSA) is 43.0 Å². The molecule has 2 heterocycles. The van der Waals surface area contributed by atoms with Crippen molar-refractivity contribution in [3.8, 4) is 0 Å². The zero-order valence-electron chi connectivity index (χ0n) is 10.1. The van der Waals surface area contributed by atoms with E-state index in [1.54, 1.807) is 18.0 Å². The molecule has 5 heteroatoms. The second-order valence-corrected chi connectivity index (χ2v) is 5.37. The molecule has 0 radical (unpaired) electrons. The van der Waals surface area contributed by atoms with Crippen LogP contribution in [0.3, 0.4) is 0 Å². The minimum Gasteiger partial charge on any atom is -0.468 e. The molecule has 0 aromatic carbocycles. The predicted octanol–water partition coefficient (Wildman–Crippen LogP) is 2.28. The van der Waals surface area contributed by atoms with Gasteiger partial charge >= 0.3 is 0 Å². The van der Waals surface area contributed by atoms with Crippen molar-refractivity contribution < 1.29 is 4.42 Å². The van der Waals surface area contributed by atoms with Gasteiger partial charge in [-0.3, -0.25) is 0 Å². The van der Waals surface area contributed by atoms with Gasteiger partial charge < -0.3 is 14.3 Å². The summed E-state index contributed by atoms with van der Waals surface area (Å²) in [6.45, 7) is 3.89. The van der Waals surface area contributed by atoms with Crippen LogP contribution in [0.15, 0.2) is 40.4 Å². The molecule has 0 spiro atoms. The quantitative estimate of drug-likeness (QED) is 0.800. The van der Waals surface area contributed by atoms with Gasteiger partial charge in [0.05, 0.1) is 12.8 Å². The number of aromatic nitrogens is 2. The highest BCUT2D eigenvalue weighted by Gasteiger charge is 2.07. The molecule has 0 fully saturated rings. The van der Waals surface area contributed by atoms with Crippen molar-refractivity contribution in [2.75, 3.05) is 6.54 Å². The van der Waals surface area contributed by atoms with E-state index in [2.05, 4.69) is 17.2 Å². The van der Waals surface area contributed by atoms with Crippen molar-refractivity contribution in [3.05, 3.63) is 36.5 Å². The first kappa shape index (κ1) is 12.3. The Bertz CT molecular complexity index is 438. The summed E-state index contributed by atoms with van der Waals surface area (Å²) < 4.78 is 7.29. The molecule has 0 saturated heterocycles. The van der Waals surface area contributed by atoms with Crippen LogP contribution < -0.4 is 5.32 Å². The molecule has 0 aliphatic rings. The van der Waals surface area contributed by atoms with Crippen molar-refractivity contribution in [2.24, 2.45) is 7.05 Å². The molecule has 1 unspecified atom stereocenters. The molecule has 0 amide bonds. The maximum Gasteiger partial charge on any atom is 0.167 e. The van der Waals surface area contributed by atoms with Gasteiger partial charge in [0.25, 0.3) is 0 Å². The lowest BCUT2D eigenvalue weighted by Crippen LogP contribution is -2.22. The van der Waals surface area contributed by atoms with Crippen molar-refractivity contribution >= 4 is 11.8 Å². The largest absolute Gasteiger partial charge is 0.468 e. The van der Waals surface area contributed by atoms with Crippen LogP contribution in [0.4, 0.5) is 0 Å². The number of rotatable bonds is 6. The maximum atomic E-state index is 5.25. The minimum absolute atomic E-state index is 0.478. The van der Waals surface area contributed by atoms with E-state index < -0.39 is 0 Å². The summed E-state index contributed by atoms with van der Waals surface area (Å²) >= 11 is 1.77. The monoisotopic (exact) mass is 251 g/mol. The second kappa shape index (κ2) is 5.93. The summed E-state index contributed by atoms with van der Waals surface area (Å²) in [5.41, 5.74) is 0. The summed E-state index contributed by atoms with van der Waals surface area (Å²) in [4.78, 5) is 4.29. The predicted molar refractivity (Wildman–Crippen MR) is 68.9 cm³/mol. The molecule has 0 aliphatic carbocycles. The molecule has 0 saturated carbocycles. The zero-order chi connectivity index (χ0) is 12.1. The number of nitrogens with zero attached hydrogens (tertiary/aromatic N) is 2. The average Bonchev–Trinajstić information content (AvgIpc) is 2.92. The van der Waals surface area contributed by atoms with Crippen LogP contribution in [0.25, 0.3) is 0 Å². The summed E-state index contributed by atoms with van der Waals surface area (Å²) in [5.74, 6) is 0.971. The van der Waals surface area contributed by atoms with Gasteiger partial charge in [0.1, 0.15) is 5.76 Å². The zero-order valence-corrected chi connectivity index (χ0v) is 10.9. The van der Waals surface area contributed by atoms with E-state index in [9.17, 15) is 0 Å². The van der Waals surface area contributed by atoms with Gasteiger partial charge in [-0.15, -0.1) is 0 Å². The van der Waals surface area contributed by atoms with E-state index in [4.69, 9.17) is 4.42 Å². The lowest BCUT2D eigenvalue weighted by molar-refractivity contribution is 0.484. The SMILES string of the molecule is CC(CNCc1ccco1)Sc1nccn1C.